The summed E-state index contributed by atoms with van der Waals surface area (Å²) < 4.78 is 0. The molecule has 1 heterocycles. The lowest BCUT2D eigenvalue weighted by atomic mass is 9.75. The Morgan fingerprint density at radius 2 is 2.06 bits per heavy atom. The molecule has 0 spiro atoms. The van der Waals surface area contributed by atoms with E-state index in [4.69, 9.17) is 10.7 Å². The van der Waals surface area contributed by atoms with E-state index in [-0.39, 0.29) is 5.54 Å². The lowest BCUT2D eigenvalue weighted by Gasteiger charge is -2.37. The first-order chi connectivity index (χ1) is 8.20. The Bertz CT molecular complexity index is 389. The molecule has 2 nitrogen and oxygen atoms in total. The molecule has 1 fully saturated rings. The Morgan fingerprint density at radius 1 is 1.24 bits per heavy atom. The highest BCUT2D eigenvalue weighted by Gasteiger charge is 2.39. The van der Waals surface area contributed by atoms with E-state index in [1.54, 1.807) is 0 Å². The van der Waals surface area contributed by atoms with Gasteiger partial charge in [0, 0.05) is 4.88 Å². The van der Waals surface area contributed by atoms with E-state index in [2.05, 4.69) is 6.92 Å². The average molecular weight is 250 g/mol. The quantitative estimate of drug-likeness (QED) is 0.830. The molecule has 94 valence electrons. The van der Waals surface area contributed by atoms with Crippen LogP contribution in [0.25, 0.3) is 0 Å². The fourth-order valence-corrected chi connectivity index (χ4v) is 4.64. The van der Waals surface area contributed by atoms with Crippen molar-refractivity contribution in [3.8, 4) is 0 Å². The average Bonchev–Trinajstić information content (AvgIpc) is 2.77. The second kappa shape index (κ2) is 4.36. The predicted octanol–water partition coefficient (Wildman–Crippen LogP) is 3.39. The summed E-state index contributed by atoms with van der Waals surface area (Å²) in [6.07, 6.45) is 10.1. The largest absolute Gasteiger partial charge is 0.319 e. The van der Waals surface area contributed by atoms with Crippen LogP contribution < -0.4 is 5.73 Å². The van der Waals surface area contributed by atoms with Crippen molar-refractivity contribution in [2.24, 2.45) is 11.7 Å². The second-order valence-electron chi connectivity index (χ2n) is 5.78. The van der Waals surface area contributed by atoms with E-state index in [0.29, 0.717) is 5.92 Å². The standard InChI is InChI=1S/C14H22N2S/c1-10-6-4-5-9-14(10,15)13-16-11-7-2-3-8-12(11)17-13/h10H,2-9,15H2,1H3. The van der Waals surface area contributed by atoms with Crippen molar-refractivity contribution in [2.75, 3.05) is 0 Å². The molecule has 0 amide bonds. The summed E-state index contributed by atoms with van der Waals surface area (Å²) in [6.45, 7) is 2.31. The molecule has 1 aromatic rings. The topological polar surface area (TPSA) is 38.9 Å². The molecule has 2 N–H and O–H groups in total. The number of hydrogen-bond acceptors (Lipinski definition) is 3. The molecule has 2 aliphatic carbocycles. The third-order valence-electron chi connectivity index (χ3n) is 4.60. The van der Waals surface area contributed by atoms with Crippen LogP contribution in [-0.2, 0) is 18.4 Å². The van der Waals surface area contributed by atoms with Crippen molar-refractivity contribution in [1.29, 1.82) is 0 Å². The summed E-state index contributed by atoms with van der Waals surface area (Å²) in [5, 5.41) is 1.23. The maximum absolute atomic E-state index is 6.68. The van der Waals surface area contributed by atoms with Gasteiger partial charge in [0.1, 0.15) is 5.01 Å². The molecule has 3 heteroatoms. The minimum absolute atomic E-state index is 0.125. The zero-order chi connectivity index (χ0) is 11.9. The molecule has 0 bridgehead atoms. The highest BCUT2D eigenvalue weighted by atomic mass is 32.1. The van der Waals surface area contributed by atoms with Crippen molar-refractivity contribution < 1.29 is 0 Å². The van der Waals surface area contributed by atoms with Crippen molar-refractivity contribution in [3.05, 3.63) is 15.6 Å². The molecule has 2 atom stereocenters. The fraction of sp³-hybridized carbons (Fsp3) is 0.786. The number of fused-ring (bicyclic) bond motifs is 1. The van der Waals surface area contributed by atoms with Gasteiger partial charge in [0.2, 0.25) is 0 Å². The SMILES string of the molecule is CC1CCCCC1(N)c1nc2c(s1)CCCC2. The molecule has 1 aromatic heterocycles. The van der Waals surface area contributed by atoms with Gasteiger partial charge < -0.3 is 5.73 Å². The number of hydrogen-bond donors (Lipinski definition) is 1. The Hall–Kier alpha value is -0.410. The fourth-order valence-electron chi connectivity index (χ4n) is 3.24. The lowest BCUT2D eigenvalue weighted by molar-refractivity contribution is 0.206. The van der Waals surface area contributed by atoms with Gasteiger partial charge in [-0.25, -0.2) is 4.98 Å². The smallest absolute Gasteiger partial charge is 0.113 e. The van der Waals surface area contributed by atoms with E-state index < -0.39 is 0 Å². The Morgan fingerprint density at radius 3 is 2.82 bits per heavy atom. The Balaban J connectivity index is 1.94. The molecule has 0 radical (unpaired) electrons. The van der Waals surface area contributed by atoms with Crippen LogP contribution in [0.4, 0.5) is 0 Å². The molecular weight excluding hydrogens is 228 g/mol. The monoisotopic (exact) mass is 250 g/mol. The zero-order valence-corrected chi connectivity index (χ0v) is 11.5. The normalized spacial score (nSPS) is 33.4. The first kappa shape index (κ1) is 11.7. The molecule has 1 saturated carbocycles. The summed E-state index contributed by atoms with van der Waals surface area (Å²) in [5.41, 5.74) is 7.92. The van der Waals surface area contributed by atoms with Gasteiger partial charge in [-0.3, -0.25) is 0 Å². The third-order valence-corrected chi connectivity index (χ3v) is 5.95. The van der Waals surface area contributed by atoms with E-state index >= 15 is 0 Å². The van der Waals surface area contributed by atoms with E-state index in [1.165, 1.54) is 60.5 Å². The molecule has 17 heavy (non-hydrogen) atoms. The van der Waals surface area contributed by atoms with E-state index in [1.807, 2.05) is 11.3 Å². The first-order valence-corrected chi connectivity index (χ1v) is 7.80. The molecule has 3 rings (SSSR count). The third kappa shape index (κ3) is 1.93. The van der Waals surface area contributed by atoms with Crippen molar-refractivity contribution in [1.82, 2.24) is 4.98 Å². The summed E-state index contributed by atoms with van der Waals surface area (Å²) in [5.74, 6) is 0.587. The number of nitrogens with two attached hydrogens (primary N) is 1. The van der Waals surface area contributed by atoms with Gasteiger partial charge in [0.15, 0.2) is 0 Å². The maximum Gasteiger partial charge on any atom is 0.113 e. The highest BCUT2D eigenvalue weighted by Crippen LogP contribution is 2.42. The molecule has 0 saturated heterocycles. The summed E-state index contributed by atoms with van der Waals surface area (Å²) in [4.78, 5) is 6.41. The van der Waals surface area contributed by atoms with Crippen LogP contribution in [0.1, 0.15) is 61.0 Å². The van der Waals surface area contributed by atoms with Crippen molar-refractivity contribution in [2.45, 2.75) is 63.8 Å². The Kier molecular flexibility index (Phi) is 2.99. The number of thiazole rings is 1. The van der Waals surface area contributed by atoms with Gasteiger partial charge in [-0.15, -0.1) is 11.3 Å². The second-order valence-corrected chi connectivity index (χ2v) is 6.87. The molecule has 2 unspecified atom stereocenters. The number of nitrogens with zero attached hydrogens (tertiary/aromatic N) is 1. The molecule has 0 aromatic carbocycles. The van der Waals surface area contributed by atoms with Crippen LogP contribution in [0.3, 0.4) is 0 Å². The summed E-state index contributed by atoms with van der Waals surface area (Å²) in [6, 6.07) is 0. The number of aryl methyl sites for hydroxylation is 2. The molecule has 0 aliphatic heterocycles. The van der Waals surface area contributed by atoms with Crippen LogP contribution in [0.5, 0.6) is 0 Å². The van der Waals surface area contributed by atoms with Gasteiger partial charge in [-0.1, -0.05) is 19.8 Å². The van der Waals surface area contributed by atoms with Crippen LogP contribution in [0.2, 0.25) is 0 Å². The minimum Gasteiger partial charge on any atom is -0.319 e. The van der Waals surface area contributed by atoms with Gasteiger partial charge in [-0.05, 0) is 44.4 Å². The molecular formula is C14H22N2S. The summed E-state index contributed by atoms with van der Waals surface area (Å²) in [7, 11) is 0. The van der Waals surface area contributed by atoms with Gasteiger partial charge in [0.05, 0.1) is 11.2 Å². The van der Waals surface area contributed by atoms with E-state index in [0.717, 1.165) is 6.42 Å². The van der Waals surface area contributed by atoms with Crippen LogP contribution in [-0.4, -0.2) is 4.98 Å². The highest BCUT2D eigenvalue weighted by molar-refractivity contribution is 7.11. The van der Waals surface area contributed by atoms with Crippen molar-refractivity contribution >= 4 is 11.3 Å². The maximum atomic E-state index is 6.68. The molecule has 2 aliphatic rings. The predicted molar refractivity (Wildman–Crippen MR) is 72.3 cm³/mol. The number of aromatic nitrogens is 1. The zero-order valence-electron chi connectivity index (χ0n) is 10.7. The van der Waals surface area contributed by atoms with Crippen molar-refractivity contribution in [3.63, 3.8) is 0 Å². The summed E-state index contributed by atoms with van der Waals surface area (Å²) >= 11 is 1.91. The van der Waals surface area contributed by atoms with Crippen LogP contribution in [0, 0.1) is 5.92 Å². The Labute approximate surface area is 108 Å². The van der Waals surface area contributed by atoms with Gasteiger partial charge in [0.25, 0.3) is 0 Å². The first-order valence-electron chi connectivity index (χ1n) is 6.98. The van der Waals surface area contributed by atoms with E-state index in [9.17, 15) is 0 Å². The van der Waals surface area contributed by atoms with Gasteiger partial charge >= 0.3 is 0 Å². The van der Waals surface area contributed by atoms with Crippen LogP contribution in [0.15, 0.2) is 0 Å². The van der Waals surface area contributed by atoms with Gasteiger partial charge in [-0.2, -0.15) is 0 Å². The lowest BCUT2D eigenvalue weighted by Crippen LogP contribution is -2.45. The minimum atomic E-state index is -0.125. The number of rotatable bonds is 1. The van der Waals surface area contributed by atoms with Crippen LogP contribution >= 0.6 is 11.3 Å².